The maximum absolute atomic E-state index is 14.6. The van der Waals surface area contributed by atoms with Gasteiger partial charge in [0.25, 0.3) is 0 Å². The summed E-state index contributed by atoms with van der Waals surface area (Å²) >= 11 is 0. The molecular weight excluding hydrogens is 506 g/mol. The summed E-state index contributed by atoms with van der Waals surface area (Å²) in [5.74, 6) is -1.78. The van der Waals surface area contributed by atoms with E-state index in [4.69, 9.17) is 11.5 Å². The van der Waals surface area contributed by atoms with Crippen molar-refractivity contribution < 1.29 is 19.5 Å². The standard InChI is InChI=1S/C31H37N5O4/c1-30(2,33)31(3,24-17-14-21-8-4-7-11-26(21)35-27(24)38)28(39)36(29(40)34-18-19-37)22-15-12-20(13-16-22)23-9-5-6-10-25(23)32/h4-13,15-16,24,37H,14,17-19,32-33H2,1-3H3,(H,34,40)(H,35,38)/t24-,31?/m0/s1. The fourth-order valence-corrected chi connectivity index (χ4v) is 5.29. The third kappa shape index (κ3) is 5.43. The molecule has 1 aliphatic rings. The zero-order valence-electron chi connectivity index (χ0n) is 23.1. The predicted molar refractivity (Wildman–Crippen MR) is 158 cm³/mol. The highest BCUT2D eigenvalue weighted by Crippen LogP contribution is 2.44. The van der Waals surface area contributed by atoms with Crippen LogP contribution in [0.15, 0.2) is 72.8 Å². The van der Waals surface area contributed by atoms with E-state index in [0.29, 0.717) is 29.9 Å². The lowest BCUT2D eigenvalue weighted by molar-refractivity contribution is -0.141. The fourth-order valence-electron chi connectivity index (χ4n) is 5.29. The molecule has 9 nitrogen and oxygen atoms in total. The molecule has 1 aliphatic heterocycles. The summed E-state index contributed by atoms with van der Waals surface area (Å²) in [6, 6.07) is 21.1. The maximum atomic E-state index is 14.6. The minimum Gasteiger partial charge on any atom is -0.398 e. The molecule has 0 fully saturated rings. The minimum absolute atomic E-state index is 0.0524. The molecule has 1 heterocycles. The molecule has 0 saturated carbocycles. The van der Waals surface area contributed by atoms with E-state index in [1.54, 1.807) is 51.1 Å². The lowest BCUT2D eigenvalue weighted by atomic mass is 9.62. The Bertz CT molecular complexity index is 1400. The summed E-state index contributed by atoms with van der Waals surface area (Å²) in [7, 11) is 0. The van der Waals surface area contributed by atoms with Crippen molar-refractivity contribution in [2.24, 2.45) is 17.1 Å². The molecule has 4 rings (SSSR count). The normalized spacial score (nSPS) is 16.6. The largest absolute Gasteiger partial charge is 0.398 e. The number of amides is 4. The van der Waals surface area contributed by atoms with Gasteiger partial charge in [-0.2, -0.15) is 0 Å². The topological polar surface area (TPSA) is 151 Å². The molecular formula is C31H37N5O4. The summed E-state index contributed by atoms with van der Waals surface area (Å²) in [5.41, 5.74) is 14.3. The number of fused-ring (bicyclic) bond motifs is 1. The number of aliphatic hydroxyl groups excluding tert-OH is 1. The van der Waals surface area contributed by atoms with Crippen LogP contribution in [0, 0.1) is 11.3 Å². The van der Waals surface area contributed by atoms with Crippen molar-refractivity contribution in [1.29, 1.82) is 0 Å². The average Bonchev–Trinajstić information content (AvgIpc) is 3.10. The van der Waals surface area contributed by atoms with Crippen LogP contribution in [-0.2, 0) is 16.0 Å². The first-order valence-electron chi connectivity index (χ1n) is 13.3. The molecule has 4 amide bonds. The number of carbonyl (C=O) groups is 3. The van der Waals surface area contributed by atoms with Gasteiger partial charge in [-0.1, -0.05) is 48.5 Å². The summed E-state index contributed by atoms with van der Waals surface area (Å²) in [5, 5.41) is 14.9. The second-order valence-corrected chi connectivity index (χ2v) is 10.9. The van der Waals surface area contributed by atoms with Crippen LogP contribution in [0.3, 0.4) is 0 Å². The van der Waals surface area contributed by atoms with Gasteiger partial charge in [-0.15, -0.1) is 0 Å². The van der Waals surface area contributed by atoms with Gasteiger partial charge in [0, 0.05) is 29.0 Å². The van der Waals surface area contributed by atoms with Crippen molar-refractivity contribution in [3.8, 4) is 11.1 Å². The number of aryl methyl sites for hydroxylation is 1. The first-order valence-corrected chi connectivity index (χ1v) is 13.3. The van der Waals surface area contributed by atoms with E-state index < -0.39 is 28.8 Å². The Morgan fingerprint density at radius 2 is 1.68 bits per heavy atom. The zero-order valence-corrected chi connectivity index (χ0v) is 23.1. The molecule has 3 aromatic rings. The first-order chi connectivity index (χ1) is 19.0. The van der Waals surface area contributed by atoms with Crippen LogP contribution < -0.4 is 27.0 Å². The van der Waals surface area contributed by atoms with Gasteiger partial charge in [-0.25, -0.2) is 9.69 Å². The Labute approximate surface area is 234 Å². The number of para-hydroxylation sites is 2. The second-order valence-electron chi connectivity index (χ2n) is 10.9. The number of carbonyl (C=O) groups excluding carboxylic acids is 3. The number of hydrogen-bond donors (Lipinski definition) is 5. The van der Waals surface area contributed by atoms with E-state index in [9.17, 15) is 19.5 Å². The van der Waals surface area contributed by atoms with Gasteiger partial charge in [0.2, 0.25) is 11.8 Å². The number of hydrogen-bond acceptors (Lipinski definition) is 6. The highest BCUT2D eigenvalue weighted by molar-refractivity contribution is 6.17. The molecule has 1 unspecified atom stereocenters. The lowest BCUT2D eigenvalue weighted by Crippen LogP contribution is -2.65. The third-order valence-corrected chi connectivity index (χ3v) is 7.97. The quantitative estimate of drug-likeness (QED) is 0.285. The van der Waals surface area contributed by atoms with Crippen LogP contribution in [0.1, 0.15) is 32.8 Å². The number of aliphatic hydroxyl groups is 1. The number of nitrogens with zero attached hydrogens (tertiary/aromatic N) is 1. The Morgan fingerprint density at radius 1 is 1.02 bits per heavy atom. The number of rotatable bonds is 7. The summed E-state index contributed by atoms with van der Waals surface area (Å²) in [6.07, 6.45) is 0.923. The van der Waals surface area contributed by atoms with Crippen LogP contribution in [0.4, 0.5) is 21.9 Å². The summed E-state index contributed by atoms with van der Waals surface area (Å²) in [6.45, 7) is 4.69. The highest BCUT2D eigenvalue weighted by atomic mass is 16.3. The van der Waals surface area contributed by atoms with Crippen molar-refractivity contribution in [3.05, 3.63) is 78.4 Å². The Balaban J connectivity index is 1.77. The molecule has 0 bridgehead atoms. The molecule has 0 saturated heterocycles. The third-order valence-electron chi connectivity index (χ3n) is 7.97. The Hall–Kier alpha value is -4.21. The molecule has 0 spiro atoms. The molecule has 7 N–H and O–H groups in total. The number of benzene rings is 3. The Morgan fingerprint density at radius 3 is 2.33 bits per heavy atom. The molecule has 0 radical (unpaired) electrons. The molecule has 40 heavy (non-hydrogen) atoms. The monoisotopic (exact) mass is 543 g/mol. The van der Waals surface area contributed by atoms with Crippen LogP contribution in [0.5, 0.6) is 0 Å². The van der Waals surface area contributed by atoms with Gasteiger partial charge < -0.3 is 27.2 Å². The van der Waals surface area contributed by atoms with E-state index in [2.05, 4.69) is 10.6 Å². The zero-order chi connectivity index (χ0) is 29.1. The van der Waals surface area contributed by atoms with Crippen molar-refractivity contribution in [2.75, 3.05) is 29.1 Å². The summed E-state index contributed by atoms with van der Waals surface area (Å²) < 4.78 is 0. The average molecular weight is 544 g/mol. The van der Waals surface area contributed by atoms with Crippen molar-refractivity contribution in [1.82, 2.24) is 5.32 Å². The predicted octanol–water partition coefficient (Wildman–Crippen LogP) is 3.92. The smallest absolute Gasteiger partial charge is 0.328 e. The van der Waals surface area contributed by atoms with Gasteiger partial charge in [0.1, 0.15) is 0 Å². The van der Waals surface area contributed by atoms with Gasteiger partial charge in [-0.05, 0) is 69.0 Å². The number of urea groups is 1. The number of nitrogen functional groups attached to an aromatic ring is 1. The van der Waals surface area contributed by atoms with Crippen LogP contribution >= 0.6 is 0 Å². The van der Waals surface area contributed by atoms with Gasteiger partial charge in [-0.3, -0.25) is 9.59 Å². The lowest BCUT2D eigenvalue weighted by Gasteiger charge is -2.46. The van der Waals surface area contributed by atoms with E-state index in [1.807, 2.05) is 42.5 Å². The number of imide groups is 1. The molecule has 3 aromatic carbocycles. The molecule has 210 valence electrons. The van der Waals surface area contributed by atoms with E-state index in [0.717, 1.165) is 21.6 Å². The van der Waals surface area contributed by atoms with Crippen LogP contribution in [0.2, 0.25) is 0 Å². The number of anilines is 3. The van der Waals surface area contributed by atoms with Gasteiger partial charge in [0.15, 0.2) is 0 Å². The van der Waals surface area contributed by atoms with E-state index >= 15 is 0 Å². The first kappa shape index (κ1) is 28.8. The van der Waals surface area contributed by atoms with Gasteiger partial charge in [0.05, 0.1) is 23.6 Å². The molecule has 0 aromatic heterocycles. The maximum Gasteiger partial charge on any atom is 0.328 e. The van der Waals surface area contributed by atoms with Crippen LogP contribution in [0.25, 0.3) is 11.1 Å². The number of nitrogens with one attached hydrogen (secondary N) is 2. The van der Waals surface area contributed by atoms with E-state index in [-0.39, 0.29) is 19.1 Å². The van der Waals surface area contributed by atoms with Crippen LogP contribution in [-0.4, -0.2) is 41.6 Å². The van der Waals surface area contributed by atoms with Crippen molar-refractivity contribution in [3.63, 3.8) is 0 Å². The summed E-state index contributed by atoms with van der Waals surface area (Å²) in [4.78, 5) is 42.7. The van der Waals surface area contributed by atoms with Crippen molar-refractivity contribution >= 4 is 34.9 Å². The van der Waals surface area contributed by atoms with E-state index in [1.165, 1.54) is 0 Å². The highest BCUT2D eigenvalue weighted by Gasteiger charge is 2.56. The minimum atomic E-state index is -1.49. The Kier molecular flexibility index (Phi) is 8.27. The van der Waals surface area contributed by atoms with Gasteiger partial charge >= 0.3 is 6.03 Å². The second kappa shape index (κ2) is 11.5. The number of nitrogens with two attached hydrogens (primary N) is 2. The molecule has 2 atom stereocenters. The van der Waals surface area contributed by atoms with Crippen molar-refractivity contribution in [2.45, 2.75) is 39.2 Å². The fraction of sp³-hybridized carbons (Fsp3) is 0.323. The SMILES string of the molecule is CC(C)(N)C(C)(C(=O)N(C(=O)NCCO)c1ccc(-c2ccccc2N)cc1)[C@H]1CCc2ccccc2NC1=O. The molecule has 9 heteroatoms. The molecule has 0 aliphatic carbocycles.